The number of hydrogen-bond donors (Lipinski definition) is 2. The predicted molar refractivity (Wildman–Crippen MR) is 111 cm³/mol. The third-order valence-electron chi connectivity index (χ3n) is 5.10. The van der Waals surface area contributed by atoms with Gasteiger partial charge in [-0.05, 0) is 41.8 Å². The van der Waals surface area contributed by atoms with Crippen LogP contribution in [-0.4, -0.2) is 44.1 Å². The van der Waals surface area contributed by atoms with E-state index in [1.54, 1.807) is 26.0 Å². The van der Waals surface area contributed by atoms with E-state index in [2.05, 4.69) is 10.6 Å². The van der Waals surface area contributed by atoms with E-state index in [-0.39, 0.29) is 18.0 Å². The average molecular weight is 397 g/mol. The number of rotatable bonds is 6. The smallest absolute Gasteiger partial charge is 0.322 e. The molecule has 0 fully saturated rings. The molecule has 3 amide bonds. The first-order valence-electron chi connectivity index (χ1n) is 9.71. The molecule has 0 spiro atoms. The zero-order valence-corrected chi connectivity index (χ0v) is 17.0. The number of hydrogen-bond acceptors (Lipinski definition) is 4. The number of methoxy groups -OCH3 is 2. The third-order valence-corrected chi connectivity index (χ3v) is 5.10. The Hall–Kier alpha value is -3.22. The summed E-state index contributed by atoms with van der Waals surface area (Å²) in [6.07, 6.45) is 1.08. The average Bonchev–Trinajstić information content (AvgIpc) is 2.76. The predicted octanol–water partition coefficient (Wildman–Crippen LogP) is 3.36. The minimum Gasteiger partial charge on any atom is -0.493 e. The van der Waals surface area contributed by atoms with E-state index in [0.717, 1.165) is 16.8 Å². The lowest BCUT2D eigenvalue weighted by atomic mass is 9.91. The maximum absolute atomic E-state index is 13.0. The first-order chi connectivity index (χ1) is 14.1. The number of carbonyl (C=O) groups is 2. The molecule has 2 N–H and O–H groups in total. The van der Waals surface area contributed by atoms with Crippen LogP contribution in [-0.2, 0) is 11.2 Å². The van der Waals surface area contributed by atoms with Crippen molar-refractivity contribution in [1.82, 2.24) is 10.2 Å². The molecule has 3 rings (SSSR count). The number of nitrogens with zero attached hydrogens (tertiary/aromatic N) is 1. The molecule has 0 bridgehead atoms. The molecule has 0 aromatic heterocycles. The highest BCUT2D eigenvalue weighted by Crippen LogP contribution is 2.38. The van der Waals surface area contributed by atoms with Gasteiger partial charge in [0.2, 0.25) is 5.91 Å². The van der Waals surface area contributed by atoms with Crippen LogP contribution in [0.1, 0.15) is 30.5 Å². The molecule has 2 aromatic rings. The molecule has 1 aliphatic rings. The summed E-state index contributed by atoms with van der Waals surface area (Å²) in [5, 5.41) is 5.87. The minimum atomic E-state index is -0.308. The quantitative estimate of drug-likeness (QED) is 0.783. The van der Waals surface area contributed by atoms with Crippen LogP contribution in [0.2, 0.25) is 0 Å². The van der Waals surface area contributed by atoms with Crippen LogP contribution in [0.4, 0.5) is 10.5 Å². The minimum absolute atomic E-state index is 0.0546. The molecule has 0 radical (unpaired) electrons. The Morgan fingerprint density at radius 3 is 2.45 bits per heavy atom. The van der Waals surface area contributed by atoms with E-state index >= 15 is 0 Å². The molecule has 0 unspecified atom stereocenters. The van der Waals surface area contributed by atoms with Gasteiger partial charge in [-0.3, -0.25) is 4.79 Å². The molecule has 0 saturated heterocycles. The van der Waals surface area contributed by atoms with Crippen molar-refractivity contribution in [2.45, 2.75) is 25.8 Å². The summed E-state index contributed by atoms with van der Waals surface area (Å²) in [5.41, 5.74) is 2.77. The van der Waals surface area contributed by atoms with Crippen LogP contribution in [0.15, 0.2) is 42.5 Å². The number of benzene rings is 2. The third kappa shape index (κ3) is 4.62. The highest BCUT2D eigenvalue weighted by atomic mass is 16.5. The van der Waals surface area contributed by atoms with E-state index in [9.17, 15) is 9.59 Å². The van der Waals surface area contributed by atoms with Gasteiger partial charge in [-0.2, -0.15) is 0 Å². The zero-order valence-electron chi connectivity index (χ0n) is 17.0. The molecule has 0 saturated carbocycles. The van der Waals surface area contributed by atoms with Crippen LogP contribution >= 0.6 is 0 Å². The van der Waals surface area contributed by atoms with Gasteiger partial charge in [-0.1, -0.05) is 25.1 Å². The monoisotopic (exact) mass is 397 g/mol. The van der Waals surface area contributed by atoms with Crippen molar-refractivity contribution in [2.24, 2.45) is 0 Å². The van der Waals surface area contributed by atoms with Gasteiger partial charge >= 0.3 is 6.03 Å². The van der Waals surface area contributed by atoms with Crippen molar-refractivity contribution >= 4 is 17.6 Å². The van der Waals surface area contributed by atoms with E-state index < -0.39 is 0 Å². The fourth-order valence-electron chi connectivity index (χ4n) is 3.54. The zero-order chi connectivity index (χ0) is 20.8. The van der Waals surface area contributed by atoms with Gasteiger partial charge in [-0.25, -0.2) is 4.79 Å². The Balaban J connectivity index is 1.92. The molecule has 2 aromatic carbocycles. The van der Waals surface area contributed by atoms with Crippen LogP contribution in [0.25, 0.3) is 0 Å². The van der Waals surface area contributed by atoms with Gasteiger partial charge in [0.15, 0.2) is 11.5 Å². The molecule has 1 atom stereocenters. The van der Waals surface area contributed by atoms with Crippen molar-refractivity contribution in [1.29, 1.82) is 0 Å². The second-order valence-electron chi connectivity index (χ2n) is 6.82. The molecule has 0 aliphatic carbocycles. The maximum atomic E-state index is 13.0. The summed E-state index contributed by atoms with van der Waals surface area (Å²) in [6, 6.07) is 12.7. The van der Waals surface area contributed by atoms with E-state index in [0.29, 0.717) is 37.4 Å². The number of fused-ring (bicyclic) bond motifs is 1. The molecular weight excluding hydrogens is 370 g/mol. The summed E-state index contributed by atoms with van der Waals surface area (Å²) in [7, 11) is 3.19. The highest BCUT2D eigenvalue weighted by Gasteiger charge is 2.32. The molecule has 1 aliphatic heterocycles. The lowest BCUT2D eigenvalue weighted by Crippen LogP contribution is -2.46. The van der Waals surface area contributed by atoms with E-state index in [1.165, 1.54) is 0 Å². The Morgan fingerprint density at radius 2 is 1.79 bits per heavy atom. The molecule has 7 heteroatoms. The second-order valence-corrected chi connectivity index (χ2v) is 6.82. The van der Waals surface area contributed by atoms with Crippen molar-refractivity contribution in [2.75, 3.05) is 32.6 Å². The number of urea groups is 1. The van der Waals surface area contributed by atoms with Gasteiger partial charge in [0, 0.05) is 25.2 Å². The summed E-state index contributed by atoms with van der Waals surface area (Å²) in [4.78, 5) is 26.7. The lowest BCUT2D eigenvalue weighted by molar-refractivity contribution is -0.121. The highest BCUT2D eigenvalue weighted by molar-refractivity contribution is 5.90. The van der Waals surface area contributed by atoms with Crippen molar-refractivity contribution in [3.05, 3.63) is 53.6 Å². The van der Waals surface area contributed by atoms with Crippen LogP contribution in [0.5, 0.6) is 11.5 Å². The van der Waals surface area contributed by atoms with Crippen molar-refractivity contribution in [3.8, 4) is 11.5 Å². The van der Waals surface area contributed by atoms with Gasteiger partial charge in [-0.15, -0.1) is 0 Å². The van der Waals surface area contributed by atoms with Gasteiger partial charge in [0.05, 0.1) is 20.3 Å². The first-order valence-corrected chi connectivity index (χ1v) is 9.71. The number of nitrogens with one attached hydrogen (secondary N) is 2. The van der Waals surface area contributed by atoms with Gasteiger partial charge < -0.3 is 25.0 Å². The molecule has 29 heavy (non-hydrogen) atoms. The molecular formula is C22H27N3O4. The fourth-order valence-corrected chi connectivity index (χ4v) is 3.54. The topological polar surface area (TPSA) is 79.9 Å². The fraction of sp³-hybridized carbons (Fsp3) is 0.364. The number of carbonyl (C=O) groups excluding carboxylic acids is 2. The standard InChI is InChI=1S/C22H27N3O4/c1-4-21(26)23-14-18-17-13-20(29-3)19(28-2)12-15(17)10-11-25(18)22(27)24-16-8-6-5-7-9-16/h5-9,12-13,18H,4,10-11,14H2,1-3H3,(H,23,26)(H,24,27)/t18-/m0/s1. The summed E-state index contributed by atoms with van der Waals surface area (Å²) in [5.74, 6) is 1.20. The van der Waals surface area contributed by atoms with Crippen molar-refractivity contribution < 1.29 is 19.1 Å². The van der Waals surface area contributed by atoms with Gasteiger partial charge in [0.1, 0.15) is 0 Å². The van der Waals surface area contributed by atoms with Crippen LogP contribution < -0.4 is 20.1 Å². The van der Waals surface area contributed by atoms with E-state index in [4.69, 9.17) is 9.47 Å². The lowest BCUT2D eigenvalue weighted by Gasteiger charge is -2.37. The van der Waals surface area contributed by atoms with Crippen LogP contribution in [0.3, 0.4) is 0 Å². The molecule has 1 heterocycles. The summed E-state index contributed by atoms with van der Waals surface area (Å²) in [6.45, 7) is 2.67. The van der Waals surface area contributed by atoms with Crippen LogP contribution in [0, 0.1) is 0 Å². The van der Waals surface area contributed by atoms with Crippen molar-refractivity contribution in [3.63, 3.8) is 0 Å². The van der Waals surface area contributed by atoms with E-state index in [1.807, 2.05) is 42.5 Å². The SMILES string of the molecule is CCC(=O)NC[C@H]1c2cc(OC)c(OC)cc2CCN1C(=O)Nc1ccccc1. The van der Waals surface area contributed by atoms with Gasteiger partial charge in [0.25, 0.3) is 0 Å². The summed E-state index contributed by atoms with van der Waals surface area (Å²) >= 11 is 0. The normalized spacial score (nSPS) is 15.3. The number of para-hydroxylation sites is 1. The Labute approximate surface area is 171 Å². The molecule has 154 valence electrons. The number of ether oxygens (including phenoxy) is 2. The largest absolute Gasteiger partial charge is 0.493 e. The Morgan fingerprint density at radius 1 is 1.10 bits per heavy atom. The molecule has 7 nitrogen and oxygen atoms in total. The number of amides is 3. The Kier molecular flexibility index (Phi) is 6.59. The second kappa shape index (κ2) is 9.32. The number of anilines is 1. The first kappa shape index (κ1) is 20.5. The maximum Gasteiger partial charge on any atom is 0.322 e. The summed E-state index contributed by atoms with van der Waals surface area (Å²) < 4.78 is 10.9. The Bertz CT molecular complexity index is 870.